The van der Waals surface area contributed by atoms with Crippen LogP contribution in [0.5, 0.6) is 11.5 Å². The summed E-state index contributed by atoms with van der Waals surface area (Å²) >= 11 is 0. The second kappa shape index (κ2) is 13.1. The molecule has 0 bridgehead atoms. The number of aryl methyl sites for hydroxylation is 1. The first-order valence-electron chi connectivity index (χ1n) is 13.3. The lowest BCUT2D eigenvalue weighted by Crippen LogP contribution is -2.31. The van der Waals surface area contributed by atoms with E-state index in [1.165, 1.54) is 18.2 Å². The summed E-state index contributed by atoms with van der Waals surface area (Å²) in [6.07, 6.45) is -0.876. The van der Waals surface area contributed by atoms with E-state index >= 15 is 0 Å². The molecule has 0 saturated heterocycles. The standard InChI is InChI=1S/C31H35F3O6/c1-6-8-9-10-21-11-14-24(27(15-21)40-31(32,33)34)25-16-22-12-13-23(17-26(22)39-29(25)36)37-18-30(5,7-2)19-38-28(35)20(3)4/h11-17H,3,6-10,18-19H2,1-2,4-5H3. The molecule has 1 atom stereocenters. The molecule has 0 aliphatic carbocycles. The zero-order valence-corrected chi connectivity index (χ0v) is 23.3. The van der Waals surface area contributed by atoms with Crippen LogP contribution >= 0.6 is 0 Å². The molecule has 3 rings (SSSR count). The van der Waals surface area contributed by atoms with Crippen molar-refractivity contribution in [1.29, 1.82) is 0 Å². The highest BCUT2D eigenvalue weighted by molar-refractivity contribution is 5.87. The Balaban J connectivity index is 1.87. The Bertz CT molecular complexity index is 1410. The van der Waals surface area contributed by atoms with Crippen LogP contribution in [-0.4, -0.2) is 25.5 Å². The summed E-state index contributed by atoms with van der Waals surface area (Å²) in [5.74, 6) is -0.496. The SMILES string of the molecule is C=C(C)C(=O)OCC(C)(CC)COc1ccc2cc(-c3ccc(CCCCC)cc3OC(F)(F)F)c(=O)oc2c1. The van der Waals surface area contributed by atoms with E-state index < -0.39 is 29.1 Å². The van der Waals surface area contributed by atoms with Gasteiger partial charge >= 0.3 is 18.0 Å². The van der Waals surface area contributed by atoms with Crippen LogP contribution in [0.2, 0.25) is 0 Å². The quantitative estimate of drug-likeness (QED) is 0.0913. The predicted molar refractivity (Wildman–Crippen MR) is 147 cm³/mol. The molecular formula is C31H35F3O6. The fourth-order valence-corrected chi connectivity index (χ4v) is 3.97. The van der Waals surface area contributed by atoms with Gasteiger partial charge in [-0.1, -0.05) is 52.3 Å². The van der Waals surface area contributed by atoms with Crippen molar-refractivity contribution in [1.82, 2.24) is 0 Å². The predicted octanol–water partition coefficient (Wildman–Crippen LogP) is 8.01. The lowest BCUT2D eigenvalue weighted by Gasteiger charge is -2.27. The Morgan fingerprint density at radius 2 is 1.75 bits per heavy atom. The molecule has 0 fully saturated rings. The highest BCUT2D eigenvalue weighted by Gasteiger charge is 2.33. The number of ether oxygens (including phenoxy) is 3. The fourth-order valence-electron chi connectivity index (χ4n) is 3.97. The lowest BCUT2D eigenvalue weighted by molar-refractivity contribution is -0.274. The van der Waals surface area contributed by atoms with Crippen LogP contribution in [0.3, 0.4) is 0 Å². The number of unbranched alkanes of at least 4 members (excludes halogenated alkanes) is 2. The number of rotatable bonds is 13. The number of benzene rings is 2. The molecule has 2 aromatic carbocycles. The molecule has 0 amide bonds. The second-order valence-electron chi connectivity index (χ2n) is 10.3. The summed E-state index contributed by atoms with van der Waals surface area (Å²) in [4.78, 5) is 24.7. The van der Waals surface area contributed by atoms with Gasteiger partial charge in [0.15, 0.2) is 0 Å². The third-order valence-electron chi connectivity index (χ3n) is 6.68. The van der Waals surface area contributed by atoms with Crippen LogP contribution in [0.25, 0.3) is 22.1 Å². The van der Waals surface area contributed by atoms with Crippen LogP contribution in [-0.2, 0) is 16.0 Å². The first kappa shape index (κ1) is 30.8. The number of esters is 1. The zero-order valence-electron chi connectivity index (χ0n) is 23.3. The molecule has 0 N–H and O–H groups in total. The molecule has 6 nitrogen and oxygen atoms in total. The van der Waals surface area contributed by atoms with Gasteiger partial charge in [0, 0.05) is 28.0 Å². The van der Waals surface area contributed by atoms with Gasteiger partial charge in [0.1, 0.15) is 23.7 Å². The van der Waals surface area contributed by atoms with Crippen molar-refractivity contribution >= 4 is 16.9 Å². The maximum atomic E-state index is 13.2. The Kier molecular flexibility index (Phi) is 10.1. The third kappa shape index (κ3) is 8.37. The zero-order chi connectivity index (χ0) is 29.5. The molecular weight excluding hydrogens is 525 g/mol. The maximum absolute atomic E-state index is 13.2. The van der Waals surface area contributed by atoms with Crippen LogP contribution in [0.15, 0.2) is 63.8 Å². The van der Waals surface area contributed by atoms with Crippen LogP contribution < -0.4 is 15.1 Å². The Labute approximate surface area is 231 Å². The Morgan fingerprint density at radius 3 is 2.40 bits per heavy atom. The number of hydrogen-bond acceptors (Lipinski definition) is 6. The molecule has 0 aliphatic rings. The molecule has 9 heteroatoms. The van der Waals surface area contributed by atoms with Crippen molar-refractivity contribution in [3.05, 3.63) is 70.6 Å². The van der Waals surface area contributed by atoms with E-state index in [1.54, 1.807) is 31.2 Å². The van der Waals surface area contributed by atoms with E-state index in [0.29, 0.717) is 35.1 Å². The van der Waals surface area contributed by atoms with Crippen LogP contribution in [0, 0.1) is 5.41 Å². The number of hydrogen-bond donors (Lipinski definition) is 0. The molecule has 1 heterocycles. The number of carbonyl (C=O) groups excluding carboxylic acids is 1. The molecule has 0 spiro atoms. The summed E-state index contributed by atoms with van der Waals surface area (Å²) in [5.41, 5.74) is -0.107. The number of alkyl halides is 3. The van der Waals surface area contributed by atoms with Crippen molar-refractivity contribution < 1.29 is 36.6 Å². The molecule has 216 valence electrons. The van der Waals surface area contributed by atoms with E-state index in [4.69, 9.17) is 13.9 Å². The average Bonchev–Trinajstić information content (AvgIpc) is 2.89. The molecule has 0 aliphatic heterocycles. The van der Waals surface area contributed by atoms with Gasteiger partial charge in [-0.2, -0.15) is 0 Å². The van der Waals surface area contributed by atoms with Crippen molar-refractivity contribution in [2.45, 2.75) is 66.2 Å². The highest BCUT2D eigenvalue weighted by Crippen LogP contribution is 2.35. The van der Waals surface area contributed by atoms with Gasteiger partial charge in [0.25, 0.3) is 0 Å². The number of fused-ring (bicyclic) bond motifs is 1. The van der Waals surface area contributed by atoms with Crippen molar-refractivity contribution in [3.8, 4) is 22.6 Å². The first-order chi connectivity index (χ1) is 18.8. The fraction of sp³-hybridized carbons (Fsp3) is 0.419. The molecule has 0 saturated carbocycles. The minimum Gasteiger partial charge on any atom is -0.493 e. The molecule has 0 radical (unpaired) electrons. The third-order valence-corrected chi connectivity index (χ3v) is 6.68. The second-order valence-corrected chi connectivity index (χ2v) is 10.3. The topological polar surface area (TPSA) is 75.0 Å². The van der Waals surface area contributed by atoms with Crippen molar-refractivity contribution in [2.24, 2.45) is 5.41 Å². The summed E-state index contributed by atoms with van der Waals surface area (Å²) in [7, 11) is 0. The maximum Gasteiger partial charge on any atom is 0.573 e. The molecule has 1 unspecified atom stereocenters. The normalized spacial score (nSPS) is 13.1. The highest BCUT2D eigenvalue weighted by atomic mass is 19.4. The van der Waals surface area contributed by atoms with Gasteiger partial charge < -0.3 is 18.6 Å². The van der Waals surface area contributed by atoms with Gasteiger partial charge in [0.05, 0.1) is 12.2 Å². The Morgan fingerprint density at radius 1 is 1.00 bits per heavy atom. The van der Waals surface area contributed by atoms with E-state index in [2.05, 4.69) is 11.3 Å². The van der Waals surface area contributed by atoms with Gasteiger partial charge in [0.2, 0.25) is 0 Å². The summed E-state index contributed by atoms with van der Waals surface area (Å²) in [6.45, 7) is 11.4. The summed E-state index contributed by atoms with van der Waals surface area (Å²) < 4.78 is 60.7. The van der Waals surface area contributed by atoms with Crippen LogP contribution in [0.4, 0.5) is 13.2 Å². The molecule has 1 aromatic heterocycles. The average molecular weight is 561 g/mol. The van der Waals surface area contributed by atoms with E-state index in [0.717, 1.165) is 19.3 Å². The summed E-state index contributed by atoms with van der Waals surface area (Å²) in [5, 5.41) is 0.501. The minimum atomic E-state index is -4.92. The lowest BCUT2D eigenvalue weighted by atomic mass is 9.90. The van der Waals surface area contributed by atoms with E-state index in [-0.39, 0.29) is 29.9 Å². The number of carbonyl (C=O) groups is 1. The van der Waals surface area contributed by atoms with Crippen LogP contribution in [0.1, 0.15) is 58.9 Å². The Hall–Kier alpha value is -3.75. The molecule has 3 aromatic rings. The largest absolute Gasteiger partial charge is 0.573 e. The first-order valence-corrected chi connectivity index (χ1v) is 13.3. The van der Waals surface area contributed by atoms with Gasteiger partial charge in [-0.15, -0.1) is 13.2 Å². The summed E-state index contributed by atoms with van der Waals surface area (Å²) in [6, 6.07) is 10.8. The minimum absolute atomic E-state index is 0.00411. The van der Waals surface area contributed by atoms with Gasteiger partial charge in [-0.05, 0) is 56.0 Å². The molecule has 40 heavy (non-hydrogen) atoms. The van der Waals surface area contributed by atoms with E-state index in [9.17, 15) is 22.8 Å². The monoisotopic (exact) mass is 560 g/mol. The smallest absolute Gasteiger partial charge is 0.493 e. The van der Waals surface area contributed by atoms with Gasteiger partial charge in [-0.25, -0.2) is 9.59 Å². The van der Waals surface area contributed by atoms with Crippen molar-refractivity contribution in [2.75, 3.05) is 13.2 Å². The van der Waals surface area contributed by atoms with Gasteiger partial charge in [-0.3, -0.25) is 0 Å². The van der Waals surface area contributed by atoms with E-state index in [1.807, 2.05) is 20.8 Å². The number of halogens is 3. The van der Waals surface area contributed by atoms with Crippen molar-refractivity contribution in [3.63, 3.8) is 0 Å².